The number of phenols is 1. The van der Waals surface area contributed by atoms with Gasteiger partial charge in [-0.2, -0.15) is 5.26 Å². The molecule has 0 saturated carbocycles. The number of nitrogens with zero attached hydrogens (tertiary/aromatic N) is 3. The summed E-state index contributed by atoms with van der Waals surface area (Å²) in [5.74, 6) is 0.250. The molecule has 0 unspecified atom stereocenters. The second-order valence-corrected chi connectivity index (χ2v) is 5.42. The number of benzene rings is 2. The third-order valence-corrected chi connectivity index (χ3v) is 4.15. The summed E-state index contributed by atoms with van der Waals surface area (Å²) in [5.41, 5.74) is 1.92. The number of nitro groups is 1. The lowest BCUT2D eigenvalue weighted by Gasteiger charge is -2.09. The highest BCUT2D eigenvalue weighted by molar-refractivity contribution is 5.95. The van der Waals surface area contributed by atoms with Gasteiger partial charge in [-0.15, -0.1) is 0 Å². The van der Waals surface area contributed by atoms with Gasteiger partial charge in [0.2, 0.25) is 0 Å². The van der Waals surface area contributed by atoms with Gasteiger partial charge < -0.3 is 14.4 Å². The first kappa shape index (κ1) is 19.8. The number of nitro benzene ring substituents is 1. The van der Waals surface area contributed by atoms with Crippen molar-refractivity contribution < 1.29 is 14.8 Å². The van der Waals surface area contributed by atoms with E-state index in [0.29, 0.717) is 29.1 Å². The quantitative estimate of drug-likeness (QED) is 0.525. The van der Waals surface area contributed by atoms with Gasteiger partial charge in [0.1, 0.15) is 11.8 Å². The summed E-state index contributed by atoms with van der Waals surface area (Å²) in [6, 6.07) is 11.7. The Hall–Kier alpha value is -3.53. The number of aromatic hydroxyl groups is 1. The van der Waals surface area contributed by atoms with E-state index >= 15 is 0 Å². The lowest BCUT2D eigenvalue weighted by Crippen LogP contribution is -1.98. The van der Waals surface area contributed by atoms with Crippen LogP contribution in [0.15, 0.2) is 36.4 Å². The van der Waals surface area contributed by atoms with Crippen LogP contribution < -0.4 is 4.74 Å². The van der Waals surface area contributed by atoms with E-state index in [2.05, 4.69) is 6.07 Å². The molecule has 7 nitrogen and oxygen atoms in total. The number of rotatable bonds is 4. The highest BCUT2D eigenvalue weighted by atomic mass is 16.6. The second kappa shape index (κ2) is 8.23. The van der Waals surface area contributed by atoms with Crippen molar-refractivity contribution in [1.29, 1.82) is 5.26 Å². The van der Waals surface area contributed by atoms with Crippen molar-refractivity contribution in [1.82, 2.24) is 4.57 Å². The van der Waals surface area contributed by atoms with Crippen molar-refractivity contribution in [2.45, 2.75) is 27.3 Å². The predicted molar refractivity (Wildman–Crippen MR) is 104 cm³/mol. The highest BCUT2D eigenvalue weighted by Gasteiger charge is 2.22. The summed E-state index contributed by atoms with van der Waals surface area (Å²) in [4.78, 5) is 10.5. The fourth-order valence-corrected chi connectivity index (χ4v) is 3.01. The number of ether oxygens (including phenoxy) is 1. The van der Waals surface area contributed by atoms with Crippen LogP contribution in [0.2, 0.25) is 0 Å². The smallest absolute Gasteiger partial charge is 0.311 e. The summed E-state index contributed by atoms with van der Waals surface area (Å²) in [6.45, 7) is 6.49. The maximum Gasteiger partial charge on any atom is 0.311 e. The van der Waals surface area contributed by atoms with Gasteiger partial charge in [0.15, 0.2) is 5.75 Å². The van der Waals surface area contributed by atoms with Crippen LogP contribution in [0.4, 0.5) is 5.69 Å². The van der Waals surface area contributed by atoms with Crippen molar-refractivity contribution in [2.75, 3.05) is 7.11 Å². The molecule has 0 aliphatic rings. The number of hydrogen-bond donors (Lipinski definition) is 1. The normalized spacial score (nSPS) is 10.0. The molecule has 7 heteroatoms. The Morgan fingerprint density at radius 3 is 2.52 bits per heavy atom. The van der Waals surface area contributed by atoms with Crippen LogP contribution in [0.5, 0.6) is 11.5 Å². The van der Waals surface area contributed by atoms with E-state index in [4.69, 9.17) is 4.74 Å². The molecule has 1 aromatic heterocycles. The average Bonchev–Trinajstić information content (AvgIpc) is 3.02. The highest BCUT2D eigenvalue weighted by Crippen LogP contribution is 2.38. The molecule has 1 N–H and O–H groups in total. The topological polar surface area (TPSA) is 101 Å². The van der Waals surface area contributed by atoms with Crippen molar-refractivity contribution in [2.24, 2.45) is 0 Å². The molecule has 0 fully saturated rings. The minimum Gasteiger partial charge on any atom is -0.502 e. The van der Waals surface area contributed by atoms with E-state index in [9.17, 15) is 20.5 Å². The Labute approximate surface area is 157 Å². The molecule has 0 saturated heterocycles. The molecule has 0 radical (unpaired) electrons. The molecule has 0 amide bonds. The summed E-state index contributed by atoms with van der Waals surface area (Å²) in [6.07, 6.45) is 0. The molecule has 140 valence electrons. The van der Waals surface area contributed by atoms with Crippen molar-refractivity contribution in [3.63, 3.8) is 0 Å². The number of phenolic OH excluding ortho intramolecular Hbond substituents is 1. The fraction of sp³-hybridized carbons (Fsp3) is 0.250. The molecule has 0 spiro atoms. The van der Waals surface area contributed by atoms with Gasteiger partial charge in [0, 0.05) is 29.6 Å². The minimum absolute atomic E-state index is 0.396. The maximum absolute atomic E-state index is 11.1. The van der Waals surface area contributed by atoms with E-state index in [0.717, 1.165) is 10.9 Å². The van der Waals surface area contributed by atoms with Crippen molar-refractivity contribution in [3.8, 4) is 28.8 Å². The van der Waals surface area contributed by atoms with Crippen LogP contribution in [-0.2, 0) is 6.54 Å². The number of nitriles is 1. The molecule has 2 aromatic carbocycles. The molecular formula is C20H21N3O4. The van der Waals surface area contributed by atoms with E-state index < -0.39 is 16.4 Å². The van der Waals surface area contributed by atoms with Crippen LogP contribution in [0, 0.1) is 21.4 Å². The Balaban J connectivity index is 0.00000126. The Morgan fingerprint density at radius 2 is 1.96 bits per heavy atom. The second-order valence-electron chi connectivity index (χ2n) is 5.42. The first-order valence-electron chi connectivity index (χ1n) is 8.59. The number of aromatic nitrogens is 1. The molecule has 0 aliphatic carbocycles. The van der Waals surface area contributed by atoms with Gasteiger partial charge in [-0.1, -0.05) is 13.8 Å². The SMILES string of the molecule is CC.CCn1c(-c2ccc(O)c([N+](=O)[O-])c2)c(C#N)c2ccc(OC)cc21. The summed E-state index contributed by atoms with van der Waals surface area (Å²) < 4.78 is 7.17. The lowest BCUT2D eigenvalue weighted by molar-refractivity contribution is -0.385. The zero-order chi connectivity index (χ0) is 20.1. The first-order valence-corrected chi connectivity index (χ1v) is 8.59. The molecule has 0 aliphatic heterocycles. The van der Waals surface area contributed by atoms with Gasteiger partial charge in [0.05, 0.1) is 28.8 Å². The lowest BCUT2D eigenvalue weighted by atomic mass is 10.0. The zero-order valence-corrected chi connectivity index (χ0v) is 15.7. The van der Waals surface area contributed by atoms with Gasteiger partial charge >= 0.3 is 5.69 Å². The molecule has 0 atom stereocenters. The third kappa shape index (κ3) is 3.42. The molecular weight excluding hydrogens is 346 g/mol. The number of aryl methyl sites for hydroxylation is 1. The van der Waals surface area contributed by atoms with E-state index in [-0.39, 0.29) is 0 Å². The molecule has 27 heavy (non-hydrogen) atoms. The number of fused-ring (bicyclic) bond motifs is 1. The van der Waals surface area contributed by atoms with Crippen LogP contribution >= 0.6 is 0 Å². The van der Waals surface area contributed by atoms with Crippen LogP contribution in [0.3, 0.4) is 0 Å². The molecule has 0 bridgehead atoms. The monoisotopic (exact) mass is 367 g/mol. The van der Waals surface area contributed by atoms with Crippen LogP contribution in [0.1, 0.15) is 26.3 Å². The standard InChI is InChI=1S/C18H15N3O4.C2H6/c1-3-20-15-9-12(25-2)5-6-13(15)14(10-19)18(20)11-4-7-17(22)16(8-11)21(23)24;1-2/h4-9,22H,3H2,1-2H3;1-2H3. The first-order chi connectivity index (χ1) is 13.0. The van der Waals surface area contributed by atoms with Gasteiger partial charge in [-0.25, -0.2) is 0 Å². The summed E-state index contributed by atoms with van der Waals surface area (Å²) in [5, 5.41) is 31.2. The van der Waals surface area contributed by atoms with Crippen LogP contribution in [0.25, 0.3) is 22.2 Å². The van der Waals surface area contributed by atoms with Gasteiger partial charge in [-0.05, 0) is 31.2 Å². The van der Waals surface area contributed by atoms with Crippen LogP contribution in [-0.4, -0.2) is 21.7 Å². The average molecular weight is 367 g/mol. The third-order valence-electron chi connectivity index (χ3n) is 4.15. The number of methoxy groups -OCH3 is 1. The Morgan fingerprint density at radius 1 is 1.26 bits per heavy atom. The Bertz CT molecular complexity index is 1030. The fourth-order valence-electron chi connectivity index (χ4n) is 3.01. The van der Waals surface area contributed by atoms with Gasteiger partial charge in [-0.3, -0.25) is 10.1 Å². The molecule has 3 aromatic rings. The van der Waals surface area contributed by atoms with E-state index in [1.807, 2.05) is 31.4 Å². The molecule has 1 heterocycles. The zero-order valence-electron chi connectivity index (χ0n) is 15.7. The number of hydrogen-bond acceptors (Lipinski definition) is 5. The van der Waals surface area contributed by atoms with E-state index in [1.54, 1.807) is 25.3 Å². The maximum atomic E-state index is 11.1. The van der Waals surface area contributed by atoms with Crippen molar-refractivity contribution >= 4 is 16.6 Å². The largest absolute Gasteiger partial charge is 0.502 e. The molecule has 3 rings (SSSR count). The Kier molecular flexibility index (Phi) is 6.03. The van der Waals surface area contributed by atoms with E-state index in [1.165, 1.54) is 12.1 Å². The predicted octanol–water partition coefficient (Wildman–Crippen LogP) is 4.85. The summed E-state index contributed by atoms with van der Waals surface area (Å²) >= 11 is 0. The van der Waals surface area contributed by atoms with Crippen molar-refractivity contribution in [3.05, 3.63) is 52.1 Å². The van der Waals surface area contributed by atoms with Gasteiger partial charge in [0.25, 0.3) is 0 Å². The minimum atomic E-state index is -0.646. The summed E-state index contributed by atoms with van der Waals surface area (Å²) in [7, 11) is 1.57.